The van der Waals surface area contributed by atoms with Gasteiger partial charge in [-0.25, -0.2) is 0 Å². The number of aliphatic hydroxyl groups excluding tert-OH is 1. The SMILES string of the molecule is CC1CN(C[C@@H](O)COc2ccccc2CC(N)=O)C(C)CN1Cc1ccc(Cl)c(Cl)c1. The molecule has 0 aliphatic carbocycles. The highest BCUT2D eigenvalue weighted by Crippen LogP contribution is 2.25. The Balaban J connectivity index is 1.52. The maximum Gasteiger partial charge on any atom is 0.221 e. The third kappa shape index (κ3) is 6.83. The van der Waals surface area contributed by atoms with Crippen LogP contribution in [0.2, 0.25) is 10.0 Å². The summed E-state index contributed by atoms with van der Waals surface area (Å²) in [5, 5.41) is 11.7. The molecule has 32 heavy (non-hydrogen) atoms. The molecule has 3 rings (SSSR count). The predicted octanol–water partition coefficient (Wildman–Crippen LogP) is 3.36. The van der Waals surface area contributed by atoms with Gasteiger partial charge in [-0.05, 0) is 37.6 Å². The molecule has 1 amide bonds. The number of hydrogen-bond donors (Lipinski definition) is 2. The van der Waals surface area contributed by atoms with Crippen molar-refractivity contribution in [3.63, 3.8) is 0 Å². The summed E-state index contributed by atoms with van der Waals surface area (Å²) in [6.07, 6.45) is -0.533. The Morgan fingerprint density at radius 1 is 1.12 bits per heavy atom. The van der Waals surface area contributed by atoms with E-state index in [1.165, 1.54) is 0 Å². The van der Waals surface area contributed by atoms with Gasteiger partial charge in [0.15, 0.2) is 0 Å². The number of primary amides is 1. The van der Waals surface area contributed by atoms with Crippen molar-refractivity contribution in [2.24, 2.45) is 5.73 Å². The molecule has 0 bridgehead atoms. The Hall–Kier alpha value is -1.83. The molecule has 2 aromatic rings. The number of nitrogens with two attached hydrogens (primary N) is 1. The third-order valence-electron chi connectivity index (χ3n) is 5.83. The highest BCUT2D eigenvalue weighted by molar-refractivity contribution is 6.42. The summed E-state index contributed by atoms with van der Waals surface area (Å²) >= 11 is 12.2. The van der Waals surface area contributed by atoms with Crippen LogP contribution < -0.4 is 10.5 Å². The minimum Gasteiger partial charge on any atom is -0.491 e. The molecule has 0 radical (unpaired) electrons. The van der Waals surface area contributed by atoms with Gasteiger partial charge in [0, 0.05) is 43.8 Å². The van der Waals surface area contributed by atoms with Gasteiger partial charge in [0.05, 0.1) is 16.5 Å². The topological polar surface area (TPSA) is 79.0 Å². The van der Waals surface area contributed by atoms with Gasteiger partial charge in [-0.1, -0.05) is 47.5 Å². The van der Waals surface area contributed by atoms with Crippen molar-refractivity contribution >= 4 is 29.1 Å². The lowest BCUT2D eigenvalue weighted by Crippen LogP contribution is -2.57. The van der Waals surface area contributed by atoms with E-state index in [0.29, 0.717) is 28.4 Å². The van der Waals surface area contributed by atoms with Crippen LogP contribution in [0.5, 0.6) is 5.75 Å². The van der Waals surface area contributed by atoms with E-state index in [2.05, 4.69) is 23.6 Å². The van der Waals surface area contributed by atoms with Gasteiger partial charge in [-0.3, -0.25) is 14.6 Å². The number of rotatable bonds is 9. The van der Waals surface area contributed by atoms with Gasteiger partial charge in [0.25, 0.3) is 0 Å². The van der Waals surface area contributed by atoms with Gasteiger partial charge in [0.1, 0.15) is 18.5 Å². The van der Waals surface area contributed by atoms with E-state index in [1.807, 2.05) is 36.4 Å². The number of para-hydroxylation sites is 1. The lowest BCUT2D eigenvalue weighted by molar-refractivity contribution is -0.117. The molecule has 3 atom stereocenters. The molecule has 8 heteroatoms. The zero-order valence-corrected chi connectivity index (χ0v) is 20.0. The molecule has 2 unspecified atom stereocenters. The van der Waals surface area contributed by atoms with Crippen LogP contribution in [0.1, 0.15) is 25.0 Å². The first-order valence-corrected chi connectivity index (χ1v) is 11.6. The summed E-state index contributed by atoms with van der Waals surface area (Å²) in [6, 6.07) is 13.6. The van der Waals surface area contributed by atoms with Crippen molar-refractivity contribution < 1.29 is 14.6 Å². The smallest absolute Gasteiger partial charge is 0.221 e. The monoisotopic (exact) mass is 479 g/mol. The zero-order valence-electron chi connectivity index (χ0n) is 18.5. The van der Waals surface area contributed by atoms with Crippen molar-refractivity contribution in [1.82, 2.24) is 9.80 Å². The van der Waals surface area contributed by atoms with Crippen LogP contribution >= 0.6 is 23.2 Å². The standard InChI is InChI=1S/C24H31Cl2N3O3/c1-16-12-29(17(2)11-28(16)13-18-7-8-21(25)22(26)9-18)14-20(30)15-32-23-6-4-3-5-19(23)10-24(27)31/h3-9,16-17,20,30H,10-15H2,1-2H3,(H2,27,31)/t16?,17?,20-/m1/s1. The molecule has 3 N–H and O–H groups in total. The first-order valence-electron chi connectivity index (χ1n) is 10.8. The number of ether oxygens (including phenoxy) is 1. The second kappa shape index (κ2) is 11.3. The van der Waals surface area contributed by atoms with E-state index >= 15 is 0 Å². The number of hydrogen-bond acceptors (Lipinski definition) is 5. The van der Waals surface area contributed by atoms with E-state index < -0.39 is 12.0 Å². The molecule has 0 saturated carbocycles. The molecule has 6 nitrogen and oxygen atoms in total. The summed E-state index contributed by atoms with van der Waals surface area (Å²) < 4.78 is 5.81. The fourth-order valence-corrected chi connectivity index (χ4v) is 4.43. The third-order valence-corrected chi connectivity index (χ3v) is 6.57. The van der Waals surface area contributed by atoms with E-state index in [0.717, 1.165) is 30.8 Å². The zero-order chi connectivity index (χ0) is 23.3. The number of piperazine rings is 1. The summed E-state index contributed by atoms with van der Waals surface area (Å²) in [7, 11) is 0. The number of nitrogens with zero attached hydrogens (tertiary/aromatic N) is 2. The van der Waals surface area contributed by atoms with Crippen LogP contribution in [0.15, 0.2) is 42.5 Å². The molecular formula is C24H31Cl2N3O3. The maximum atomic E-state index is 11.3. The first kappa shape index (κ1) is 24.8. The minimum atomic E-state index is -0.645. The van der Waals surface area contributed by atoms with Gasteiger partial charge < -0.3 is 15.6 Å². The molecule has 0 aromatic heterocycles. The Bertz CT molecular complexity index is 927. The van der Waals surface area contributed by atoms with E-state index in [-0.39, 0.29) is 19.1 Å². The predicted molar refractivity (Wildman–Crippen MR) is 128 cm³/mol. The van der Waals surface area contributed by atoms with Gasteiger partial charge in [0.2, 0.25) is 5.91 Å². The molecule has 0 spiro atoms. The molecule has 1 fully saturated rings. The number of benzene rings is 2. The van der Waals surface area contributed by atoms with E-state index in [1.54, 1.807) is 6.07 Å². The summed E-state index contributed by atoms with van der Waals surface area (Å²) in [5.74, 6) is 0.168. The molecule has 2 aromatic carbocycles. The number of carbonyl (C=O) groups excluding carboxylic acids is 1. The Morgan fingerprint density at radius 3 is 2.53 bits per heavy atom. The first-order chi connectivity index (χ1) is 15.2. The second-order valence-corrected chi connectivity index (χ2v) is 9.36. The average Bonchev–Trinajstić information content (AvgIpc) is 2.73. The molecular weight excluding hydrogens is 449 g/mol. The van der Waals surface area contributed by atoms with Gasteiger partial charge in [-0.15, -0.1) is 0 Å². The van der Waals surface area contributed by atoms with Crippen molar-refractivity contribution in [3.8, 4) is 5.75 Å². The number of carbonyl (C=O) groups is 1. The molecule has 1 aliphatic rings. The fraction of sp³-hybridized carbons (Fsp3) is 0.458. The second-order valence-electron chi connectivity index (χ2n) is 8.55. The van der Waals surface area contributed by atoms with Crippen LogP contribution in [0.3, 0.4) is 0 Å². The molecule has 1 heterocycles. The Morgan fingerprint density at radius 2 is 1.81 bits per heavy atom. The molecule has 1 aliphatic heterocycles. The molecule has 1 saturated heterocycles. The minimum absolute atomic E-state index is 0.113. The summed E-state index contributed by atoms with van der Waals surface area (Å²) in [6.45, 7) is 7.57. The van der Waals surface area contributed by atoms with Crippen molar-refractivity contribution in [2.45, 2.75) is 45.0 Å². The largest absolute Gasteiger partial charge is 0.491 e. The van der Waals surface area contributed by atoms with Crippen molar-refractivity contribution in [3.05, 3.63) is 63.6 Å². The lowest BCUT2D eigenvalue weighted by atomic mass is 10.1. The number of amides is 1. The van der Waals surface area contributed by atoms with E-state index in [4.69, 9.17) is 33.7 Å². The van der Waals surface area contributed by atoms with E-state index in [9.17, 15) is 9.90 Å². The van der Waals surface area contributed by atoms with Crippen LogP contribution in [0, 0.1) is 0 Å². The number of β-amino-alcohol motifs (C(OH)–C–C–N with tert-alkyl or cyclic N) is 1. The highest BCUT2D eigenvalue weighted by atomic mass is 35.5. The quantitative estimate of drug-likeness (QED) is 0.576. The maximum absolute atomic E-state index is 11.3. The van der Waals surface area contributed by atoms with Gasteiger partial charge in [-0.2, -0.15) is 0 Å². The fourth-order valence-electron chi connectivity index (χ4n) is 4.10. The lowest BCUT2D eigenvalue weighted by Gasteiger charge is -2.44. The summed E-state index contributed by atoms with van der Waals surface area (Å²) in [5.41, 5.74) is 7.17. The average molecular weight is 480 g/mol. The van der Waals surface area contributed by atoms with Crippen molar-refractivity contribution in [2.75, 3.05) is 26.2 Å². The van der Waals surface area contributed by atoms with Crippen molar-refractivity contribution in [1.29, 1.82) is 0 Å². The normalized spacial score (nSPS) is 20.8. The highest BCUT2D eigenvalue weighted by Gasteiger charge is 2.30. The van der Waals surface area contributed by atoms with Crippen LogP contribution in [-0.4, -0.2) is 65.2 Å². The van der Waals surface area contributed by atoms with Gasteiger partial charge >= 0.3 is 0 Å². The molecule has 174 valence electrons. The Kier molecular flexibility index (Phi) is 8.79. The van der Waals surface area contributed by atoms with Crippen LogP contribution in [0.4, 0.5) is 0 Å². The summed E-state index contributed by atoms with van der Waals surface area (Å²) in [4.78, 5) is 16.0. The number of aliphatic hydroxyl groups is 1. The Labute approximate surface area is 199 Å². The van der Waals surface area contributed by atoms with Crippen LogP contribution in [-0.2, 0) is 17.8 Å². The van der Waals surface area contributed by atoms with Crippen LogP contribution in [0.25, 0.3) is 0 Å². The number of halogens is 2.